The topological polar surface area (TPSA) is 41.6 Å². The van der Waals surface area contributed by atoms with Gasteiger partial charge in [0.2, 0.25) is 0 Å². The lowest BCUT2D eigenvalue weighted by atomic mass is 9.95. The zero-order valence-corrected chi connectivity index (χ0v) is 12.0. The van der Waals surface area contributed by atoms with E-state index in [-0.39, 0.29) is 12.1 Å². The Balaban J connectivity index is 2.05. The molecule has 2 atom stereocenters. The molecule has 0 aliphatic carbocycles. The summed E-state index contributed by atoms with van der Waals surface area (Å²) in [7, 11) is 1.39. The van der Waals surface area contributed by atoms with E-state index in [2.05, 4.69) is 21.9 Å². The zero-order chi connectivity index (χ0) is 13.8. The van der Waals surface area contributed by atoms with Crippen molar-refractivity contribution in [3.63, 3.8) is 0 Å². The molecule has 1 aromatic rings. The van der Waals surface area contributed by atoms with Crippen LogP contribution in [0.3, 0.4) is 0 Å². The number of piperidine rings is 1. The van der Waals surface area contributed by atoms with Gasteiger partial charge in [0.05, 0.1) is 7.11 Å². The van der Waals surface area contributed by atoms with Gasteiger partial charge in [0.1, 0.15) is 0 Å². The molecule has 2 rings (SSSR count). The molecule has 4 nitrogen and oxygen atoms in total. The number of alkyl carbamates (subject to hydrolysis) is 1. The Morgan fingerprint density at radius 3 is 2.68 bits per heavy atom. The van der Waals surface area contributed by atoms with E-state index in [0.717, 1.165) is 30.2 Å². The molecule has 1 aliphatic rings. The summed E-state index contributed by atoms with van der Waals surface area (Å²) < 4.78 is 4.66. The van der Waals surface area contributed by atoms with Crippen LogP contribution in [-0.4, -0.2) is 32.3 Å². The van der Waals surface area contributed by atoms with Gasteiger partial charge in [-0.05, 0) is 36.6 Å². The minimum atomic E-state index is -0.366. The van der Waals surface area contributed by atoms with Gasteiger partial charge in [-0.2, -0.15) is 0 Å². The first-order valence-electron chi connectivity index (χ1n) is 6.43. The average Bonchev–Trinajstić information content (AvgIpc) is 2.38. The van der Waals surface area contributed by atoms with Crippen LogP contribution in [0.4, 0.5) is 10.5 Å². The smallest absolute Gasteiger partial charge is 0.407 e. The van der Waals surface area contributed by atoms with Crippen molar-refractivity contribution in [3.8, 4) is 0 Å². The van der Waals surface area contributed by atoms with Gasteiger partial charge in [-0.15, -0.1) is 0 Å². The number of nitrogens with zero attached hydrogens (tertiary/aromatic N) is 1. The molecule has 1 saturated heterocycles. The molecular weight excluding hydrogens is 264 g/mol. The molecule has 0 aromatic heterocycles. The van der Waals surface area contributed by atoms with Gasteiger partial charge in [0, 0.05) is 29.8 Å². The fourth-order valence-electron chi connectivity index (χ4n) is 2.54. The highest BCUT2D eigenvalue weighted by atomic mass is 35.5. The number of hydrogen-bond acceptors (Lipinski definition) is 3. The number of nitrogens with one attached hydrogen (secondary N) is 1. The largest absolute Gasteiger partial charge is 0.453 e. The minimum absolute atomic E-state index is 0.117. The van der Waals surface area contributed by atoms with Crippen molar-refractivity contribution in [1.29, 1.82) is 0 Å². The summed E-state index contributed by atoms with van der Waals surface area (Å²) in [6.45, 7) is 3.97. The van der Waals surface area contributed by atoms with E-state index in [9.17, 15) is 4.79 Å². The summed E-state index contributed by atoms with van der Waals surface area (Å²) in [6, 6.07) is 7.91. The van der Waals surface area contributed by atoms with Gasteiger partial charge in [-0.25, -0.2) is 4.79 Å². The number of methoxy groups -OCH3 is 1. The lowest BCUT2D eigenvalue weighted by molar-refractivity contribution is 0.163. The molecule has 1 N–H and O–H groups in total. The second-order valence-electron chi connectivity index (χ2n) is 5.06. The predicted octanol–water partition coefficient (Wildman–Crippen LogP) is 2.91. The quantitative estimate of drug-likeness (QED) is 0.907. The SMILES string of the molecule is COC(=O)NC1CC(C)CN(c2ccc(Cl)cc2)C1. The molecule has 1 aliphatic heterocycles. The van der Waals surface area contributed by atoms with Gasteiger partial charge in [-0.3, -0.25) is 0 Å². The predicted molar refractivity (Wildman–Crippen MR) is 76.8 cm³/mol. The van der Waals surface area contributed by atoms with Crippen molar-refractivity contribution in [2.45, 2.75) is 19.4 Å². The zero-order valence-electron chi connectivity index (χ0n) is 11.2. The molecule has 1 heterocycles. The summed E-state index contributed by atoms with van der Waals surface area (Å²) in [5, 5.41) is 3.62. The number of hydrogen-bond donors (Lipinski definition) is 1. The highest BCUT2D eigenvalue weighted by molar-refractivity contribution is 6.30. The summed E-state index contributed by atoms with van der Waals surface area (Å²) in [5.74, 6) is 0.520. The van der Waals surface area contributed by atoms with Gasteiger partial charge >= 0.3 is 6.09 Å². The third-order valence-electron chi connectivity index (χ3n) is 3.36. The molecule has 5 heteroatoms. The van der Waals surface area contributed by atoms with Crippen LogP contribution >= 0.6 is 11.6 Å². The normalized spacial score (nSPS) is 23.0. The summed E-state index contributed by atoms with van der Waals surface area (Å²) in [6.07, 6.45) is 0.606. The van der Waals surface area contributed by atoms with Crippen LogP contribution in [0.2, 0.25) is 5.02 Å². The van der Waals surface area contributed by atoms with Crippen molar-refractivity contribution in [2.24, 2.45) is 5.92 Å². The highest BCUT2D eigenvalue weighted by Crippen LogP contribution is 2.24. The first kappa shape index (κ1) is 14.0. The third-order valence-corrected chi connectivity index (χ3v) is 3.61. The molecule has 1 fully saturated rings. The van der Waals surface area contributed by atoms with Crippen molar-refractivity contribution in [2.75, 3.05) is 25.1 Å². The Kier molecular flexibility index (Phi) is 4.53. The minimum Gasteiger partial charge on any atom is -0.453 e. The molecule has 0 saturated carbocycles. The number of anilines is 1. The number of rotatable bonds is 2. The maximum absolute atomic E-state index is 11.3. The molecule has 19 heavy (non-hydrogen) atoms. The molecule has 1 aromatic carbocycles. The van der Waals surface area contributed by atoms with Crippen LogP contribution < -0.4 is 10.2 Å². The summed E-state index contributed by atoms with van der Waals surface area (Å²) in [5.41, 5.74) is 1.13. The van der Waals surface area contributed by atoms with E-state index in [0.29, 0.717) is 5.92 Å². The van der Waals surface area contributed by atoms with Crippen molar-refractivity contribution in [1.82, 2.24) is 5.32 Å². The van der Waals surface area contributed by atoms with E-state index in [1.807, 2.05) is 24.3 Å². The average molecular weight is 283 g/mol. The summed E-state index contributed by atoms with van der Waals surface area (Å²) in [4.78, 5) is 13.6. The number of amides is 1. The van der Waals surface area contributed by atoms with Crippen LogP contribution in [0.1, 0.15) is 13.3 Å². The van der Waals surface area contributed by atoms with E-state index in [4.69, 9.17) is 11.6 Å². The van der Waals surface area contributed by atoms with Crippen LogP contribution in [-0.2, 0) is 4.74 Å². The molecule has 0 bridgehead atoms. The van der Waals surface area contributed by atoms with Gasteiger partial charge < -0.3 is 15.0 Å². The summed E-state index contributed by atoms with van der Waals surface area (Å²) >= 11 is 5.90. The van der Waals surface area contributed by atoms with Crippen LogP contribution in [0, 0.1) is 5.92 Å². The highest BCUT2D eigenvalue weighted by Gasteiger charge is 2.26. The first-order valence-corrected chi connectivity index (χ1v) is 6.81. The van der Waals surface area contributed by atoms with Gasteiger partial charge in [0.25, 0.3) is 0 Å². The van der Waals surface area contributed by atoms with E-state index < -0.39 is 0 Å². The van der Waals surface area contributed by atoms with Gasteiger partial charge in [-0.1, -0.05) is 18.5 Å². The standard InChI is InChI=1S/C14H19ClN2O2/c1-10-7-12(16-14(18)19-2)9-17(8-10)13-5-3-11(15)4-6-13/h3-6,10,12H,7-9H2,1-2H3,(H,16,18). The fourth-order valence-corrected chi connectivity index (χ4v) is 2.67. The van der Waals surface area contributed by atoms with Gasteiger partial charge in [0.15, 0.2) is 0 Å². The molecule has 0 spiro atoms. The van der Waals surface area contributed by atoms with Crippen molar-refractivity contribution >= 4 is 23.4 Å². The molecule has 2 unspecified atom stereocenters. The number of ether oxygens (including phenoxy) is 1. The Bertz CT molecular complexity index is 436. The Morgan fingerprint density at radius 2 is 2.05 bits per heavy atom. The van der Waals surface area contributed by atoms with E-state index in [1.165, 1.54) is 7.11 Å². The molecular formula is C14H19ClN2O2. The van der Waals surface area contributed by atoms with E-state index in [1.54, 1.807) is 0 Å². The number of benzene rings is 1. The lowest BCUT2D eigenvalue weighted by Crippen LogP contribution is -2.50. The number of carbonyl (C=O) groups excluding carboxylic acids is 1. The number of halogens is 1. The maximum atomic E-state index is 11.3. The van der Waals surface area contributed by atoms with Crippen LogP contribution in [0.25, 0.3) is 0 Å². The second-order valence-corrected chi connectivity index (χ2v) is 5.49. The molecule has 0 radical (unpaired) electrons. The monoisotopic (exact) mass is 282 g/mol. The molecule has 1 amide bonds. The Morgan fingerprint density at radius 1 is 1.37 bits per heavy atom. The number of carbonyl (C=O) groups is 1. The fraction of sp³-hybridized carbons (Fsp3) is 0.500. The Labute approximate surface area is 118 Å². The first-order chi connectivity index (χ1) is 9.08. The maximum Gasteiger partial charge on any atom is 0.407 e. The van der Waals surface area contributed by atoms with Crippen LogP contribution in [0.5, 0.6) is 0 Å². The lowest BCUT2D eigenvalue weighted by Gasteiger charge is -2.38. The van der Waals surface area contributed by atoms with E-state index >= 15 is 0 Å². The Hall–Kier alpha value is -1.42. The van der Waals surface area contributed by atoms with Crippen LogP contribution in [0.15, 0.2) is 24.3 Å². The van der Waals surface area contributed by atoms with Crippen molar-refractivity contribution in [3.05, 3.63) is 29.3 Å². The van der Waals surface area contributed by atoms with Crippen molar-refractivity contribution < 1.29 is 9.53 Å². The molecule has 104 valence electrons. The second kappa shape index (κ2) is 6.15. The third kappa shape index (κ3) is 3.77.